The van der Waals surface area contributed by atoms with Crippen molar-refractivity contribution in [2.24, 2.45) is 0 Å². The number of thioether (sulfide) groups is 1. The van der Waals surface area contributed by atoms with E-state index in [1.54, 1.807) is 11.8 Å². The molecule has 0 aliphatic carbocycles. The minimum atomic E-state index is -0.343. The summed E-state index contributed by atoms with van der Waals surface area (Å²) in [6.07, 6.45) is 0. The predicted molar refractivity (Wildman–Crippen MR) is 85.2 cm³/mol. The summed E-state index contributed by atoms with van der Waals surface area (Å²) in [6, 6.07) is 11.4. The van der Waals surface area contributed by atoms with E-state index in [2.05, 4.69) is 0 Å². The summed E-state index contributed by atoms with van der Waals surface area (Å²) in [5, 5.41) is -0.0675. The highest BCUT2D eigenvalue weighted by Gasteiger charge is 2.32. The maximum Gasteiger partial charge on any atom is 0.255 e. The van der Waals surface area contributed by atoms with Crippen molar-refractivity contribution in [3.8, 4) is 11.5 Å². The summed E-state index contributed by atoms with van der Waals surface area (Å²) in [4.78, 5) is 14.5. The van der Waals surface area contributed by atoms with Gasteiger partial charge in [0.05, 0.1) is 0 Å². The summed E-state index contributed by atoms with van der Waals surface area (Å²) in [5.74, 6) is 1.88. The van der Waals surface area contributed by atoms with Crippen molar-refractivity contribution in [1.82, 2.24) is 4.90 Å². The van der Waals surface area contributed by atoms with Gasteiger partial charge in [0.1, 0.15) is 11.2 Å². The maximum atomic E-state index is 13.0. The zero-order valence-electron chi connectivity index (χ0n) is 12.2. The van der Waals surface area contributed by atoms with Crippen LogP contribution in [0.2, 0.25) is 0 Å². The van der Waals surface area contributed by atoms with Crippen molar-refractivity contribution in [3.63, 3.8) is 0 Å². The van der Waals surface area contributed by atoms with Gasteiger partial charge in [0.25, 0.3) is 5.91 Å². The van der Waals surface area contributed by atoms with Gasteiger partial charge in [-0.2, -0.15) is 0 Å². The molecule has 1 fully saturated rings. The fourth-order valence-electron chi connectivity index (χ4n) is 2.78. The Hall–Kier alpha value is -2.21. The summed E-state index contributed by atoms with van der Waals surface area (Å²) in [7, 11) is 0. The number of nitrogens with zero attached hydrogens (tertiary/aromatic N) is 1. The summed E-state index contributed by atoms with van der Waals surface area (Å²) >= 11 is 1.71. The molecule has 1 atom stereocenters. The minimum absolute atomic E-state index is 0.0675. The first-order valence-electron chi connectivity index (χ1n) is 7.30. The van der Waals surface area contributed by atoms with Gasteiger partial charge in [0, 0.05) is 17.9 Å². The highest BCUT2D eigenvalue weighted by Crippen LogP contribution is 2.42. The van der Waals surface area contributed by atoms with Crippen LogP contribution in [-0.4, -0.2) is 29.9 Å². The van der Waals surface area contributed by atoms with Gasteiger partial charge in [-0.25, -0.2) is 4.39 Å². The first kappa shape index (κ1) is 14.4. The Labute approximate surface area is 137 Å². The highest BCUT2D eigenvalue weighted by atomic mass is 32.2. The Kier molecular flexibility index (Phi) is 3.61. The van der Waals surface area contributed by atoms with E-state index in [9.17, 15) is 9.18 Å². The van der Waals surface area contributed by atoms with Crippen LogP contribution in [0, 0.1) is 5.82 Å². The highest BCUT2D eigenvalue weighted by molar-refractivity contribution is 7.99. The summed E-state index contributed by atoms with van der Waals surface area (Å²) in [6.45, 7) is 0.898. The van der Waals surface area contributed by atoms with Crippen molar-refractivity contribution >= 4 is 17.7 Å². The number of carbonyl (C=O) groups is 1. The molecule has 118 valence electrons. The van der Waals surface area contributed by atoms with Gasteiger partial charge in [-0.05, 0) is 42.0 Å². The van der Waals surface area contributed by atoms with Gasteiger partial charge in [-0.3, -0.25) is 4.79 Å². The molecular weight excluding hydrogens is 317 g/mol. The molecule has 23 heavy (non-hydrogen) atoms. The SMILES string of the molecule is O=C(c1ccc(F)cc1)N1CCSC1c1ccc2c(c1)OCO2. The molecule has 0 radical (unpaired) electrons. The lowest BCUT2D eigenvalue weighted by molar-refractivity contribution is 0.0760. The number of amides is 1. The van der Waals surface area contributed by atoms with Crippen LogP contribution in [0.4, 0.5) is 4.39 Å². The fourth-order valence-corrected chi connectivity index (χ4v) is 4.02. The van der Waals surface area contributed by atoms with Crippen LogP contribution < -0.4 is 9.47 Å². The van der Waals surface area contributed by atoms with E-state index in [0.717, 1.165) is 17.1 Å². The summed E-state index contributed by atoms with van der Waals surface area (Å²) < 4.78 is 23.8. The minimum Gasteiger partial charge on any atom is -0.454 e. The molecule has 0 saturated carbocycles. The number of carbonyl (C=O) groups excluding carboxylic acids is 1. The number of rotatable bonds is 2. The third kappa shape index (κ3) is 2.63. The smallest absolute Gasteiger partial charge is 0.255 e. The largest absolute Gasteiger partial charge is 0.454 e. The Balaban J connectivity index is 1.61. The van der Waals surface area contributed by atoms with Gasteiger partial charge in [-0.15, -0.1) is 11.8 Å². The van der Waals surface area contributed by atoms with Crippen molar-refractivity contribution < 1.29 is 18.7 Å². The van der Waals surface area contributed by atoms with Gasteiger partial charge < -0.3 is 14.4 Å². The molecule has 2 heterocycles. The first-order valence-corrected chi connectivity index (χ1v) is 8.35. The molecule has 0 spiro atoms. The molecule has 1 amide bonds. The third-order valence-corrected chi connectivity index (χ3v) is 5.19. The summed E-state index contributed by atoms with van der Waals surface area (Å²) in [5.41, 5.74) is 1.51. The Morgan fingerprint density at radius 3 is 2.74 bits per heavy atom. The van der Waals surface area contributed by atoms with Crippen molar-refractivity contribution in [2.45, 2.75) is 5.37 Å². The van der Waals surface area contributed by atoms with E-state index in [1.807, 2.05) is 23.1 Å². The number of benzene rings is 2. The Morgan fingerprint density at radius 2 is 1.91 bits per heavy atom. The van der Waals surface area contributed by atoms with Gasteiger partial charge in [0.2, 0.25) is 6.79 Å². The zero-order valence-corrected chi connectivity index (χ0v) is 13.0. The molecule has 1 saturated heterocycles. The van der Waals surface area contributed by atoms with E-state index < -0.39 is 0 Å². The fraction of sp³-hybridized carbons (Fsp3) is 0.235. The zero-order chi connectivity index (χ0) is 15.8. The monoisotopic (exact) mass is 331 g/mol. The maximum absolute atomic E-state index is 13.0. The molecule has 4 nitrogen and oxygen atoms in total. The van der Waals surface area contributed by atoms with Crippen LogP contribution in [0.1, 0.15) is 21.3 Å². The average Bonchev–Trinajstić information content (AvgIpc) is 3.23. The van der Waals surface area contributed by atoms with Crippen molar-refractivity contribution in [3.05, 3.63) is 59.4 Å². The molecule has 0 aromatic heterocycles. The van der Waals surface area contributed by atoms with E-state index >= 15 is 0 Å². The number of hydrogen-bond donors (Lipinski definition) is 0. The lowest BCUT2D eigenvalue weighted by Crippen LogP contribution is -2.30. The lowest BCUT2D eigenvalue weighted by Gasteiger charge is -2.24. The van der Waals surface area contributed by atoms with Gasteiger partial charge in [-0.1, -0.05) is 6.07 Å². The molecule has 2 aliphatic rings. The second kappa shape index (κ2) is 5.77. The van der Waals surface area contributed by atoms with Gasteiger partial charge >= 0.3 is 0 Å². The number of fused-ring (bicyclic) bond motifs is 1. The van der Waals surface area contributed by atoms with Crippen LogP contribution >= 0.6 is 11.8 Å². The Morgan fingerprint density at radius 1 is 1.13 bits per heavy atom. The van der Waals surface area contributed by atoms with E-state index in [0.29, 0.717) is 17.9 Å². The molecule has 6 heteroatoms. The average molecular weight is 331 g/mol. The lowest BCUT2D eigenvalue weighted by atomic mass is 10.1. The van der Waals surface area contributed by atoms with Crippen molar-refractivity contribution in [2.75, 3.05) is 19.1 Å². The van der Waals surface area contributed by atoms with Crippen LogP contribution in [0.15, 0.2) is 42.5 Å². The van der Waals surface area contributed by atoms with E-state index in [-0.39, 0.29) is 23.9 Å². The van der Waals surface area contributed by atoms with Crippen LogP contribution in [-0.2, 0) is 0 Å². The molecular formula is C17H14FNO3S. The first-order chi connectivity index (χ1) is 11.2. The second-order valence-electron chi connectivity index (χ2n) is 5.34. The Bertz CT molecular complexity index is 750. The molecule has 4 rings (SSSR count). The molecule has 1 unspecified atom stereocenters. The number of hydrogen-bond acceptors (Lipinski definition) is 4. The topological polar surface area (TPSA) is 38.8 Å². The van der Waals surface area contributed by atoms with E-state index in [4.69, 9.17) is 9.47 Å². The van der Waals surface area contributed by atoms with Crippen LogP contribution in [0.5, 0.6) is 11.5 Å². The second-order valence-corrected chi connectivity index (χ2v) is 6.53. The normalized spacial score (nSPS) is 19.2. The predicted octanol–water partition coefficient (Wildman–Crippen LogP) is 3.44. The molecule has 0 bridgehead atoms. The van der Waals surface area contributed by atoms with E-state index in [1.165, 1.54) is 24.3 Å². The molecule has 0 N–H and O–H groups in total. The van der Waals surface area contributed by atoms with Gasteiger partial charge in [0.15, 0.2) is 11.5 Å². The van der Waals surface area contributed by atoms with Crippen molar-refractivity contribution in [1.29, 1.82) is 0 Å². The van der Waals surface area contributed by atoms with Crippen LogP contribution in [0.3, 0.4) is 0 Å². The number of ether oxygens (including phenoxy) is 2. The molecule has 2 aromatic carbocycles. The molecule has 2 aliphatic heterocycles. The quantitative estimate of drug-likeness (QED) is 0.845. The molecule has 2 aromatic rings. The standard InChI is InChI=1S/C17H14FNO3S/c18-13-4-1-11(2-5-13)16(20)19-7-8-23-17(19)12-3-6-14-15(9-12)22-10-21-14/h1-6,9,17H,7-8,10H2. The van der Waals surface area contributed by atoms with Crippen LogP contribution in [0.25, 0.3) is 0 Å². The number of halogens is 1. The third-order valence-electron chi connectivity index (χ3n) is 3.92.